The number of nitrogen functional groups attached to an aromatic ring is 1. The quantitative estimate of drug-likeness (QED) is 0.840. The van der Waals surface area contributed by atoms with Gasteiger partial charge >= 0.3 is 0 Å². The molecule has 0 radical (unpaired) electrons. The van der Waals surface area contributed by atoms with Crippen molar-refractivity contribution in [1.29, 1.82) is 0 Å². The van der Waals surface area contributed by atoms with Gasteiger partial charge in [-0.3, -0.25) is 0 Å². The van der Waals surface area contributed by atoms with Crippen LogP contribution in [0.5, 0.6) is 0 Å². The fraction of sp³-hybridized carbons (Fsp3) is 0.500. The third kappa shape index (κ3) is 2.70. The van der Waals surface area contributed by atoms with Crippen molar-refractivity contribution in [2.45, 2.75) is 43.0 Å². The minimum Gasteiger partial charge on any atom is -0.396 e. The SMILES string of the molecule is CCC1(NS(=O)(=O)c2cc(N)c(F)cc2Cl)CCC1. The number of nitrogens with two attached hydrogens (primary N) is 1. The van der Waals surface area contributed by atoms with Crippen LogP contribution in [0.3, 0.4) is 0 Å². The van der Waals surface area contributed by atoms with E-state index in [4.69, 9.17) is 17.3 Å². The number of hydrogen-bond donors (Lipinski definition) is 2. The van der Waals surface area contributed by atoms with Gasteiger partial charge < -0.3 is 5.73 Å². The van der Waals surface area contributed by atoms with Gasteiger partial charge in [0.2, 0.25) is 10.0 Å². The Bertz CT molecular complexity index is 594. The van der Waals surface area contributed by atoms with Crippen LogP contribution in [0.2, 0.25) is 5.02 Å². The van der Waals surface area contributed by atoms with Crippen molar-refractivity contribution in [2.24, 2.45) is 0 Å². The molecule has 0 aromatic heterocycles. The van der Waals surface area contributed by atoms with E-state index in [1.54, 1.807) is 0 Å². The predicted octanol–water partition coefficient (Wildman–Crippen LogP) is 2.67. The molecule has 7 heteroatoms. The molecule has 1 aromatic carbocycles. The Hall–Kier alpha value is -0.850. The molecule has 3 N–H and O–H groups in total. The molecule has 4 nitrogen and oxygen atoms in total. The molecule has 0 amide bonds. The normalized spacial score (nSPS) is 18.1. The molecule has 0 unspecified atom stereocenters. The van der Waals surface area contributed by atoms with Crippen molar-refractivity contribution in [3.05, 3.63) is 23.0 Å². The predicted molar refractivity (Wildman–Crippen MR) is 73.0 cm³/mol. The molecule has 0 saturated heterocycles. The monoisotopic (exact) mass is 306 g/mol. The van der Waals surface area contributed by atoms with Gasteiger partial charge in [0, 0.05) is 5.54 Å². The molecule has 1 aromatic rings. The van der Waals surface area contributed by atoms with Crippen LogP contribution >= 0.6 is 11.6 Å². The van der Waals surface area contributed by atoms with Crippen LogP contribution < -0.4 is 10.5 Å². The first-order chi connectivity index (χ1) is 8.80. The van der Waals surface area contributed by atoms with Crippen LogP contribution in [0.4, 0.5) is 10.1 Å². The average Bonchev–Trinajstić information content (AvgIpc) is 2.28. The molecule has 0 spiro atoms. The number of anilines is 1. The standard InChI is InChI=1S/C12H16ClFN2O2S/c1-2-12(4-3-5-12)16-19(17,18)11-7-10(15)9(14)6-8(11)13/h6-7,16H,2-5,15H2,1H3. The lowest BCUT2D eigenvalue weighted by Gasteiger charge is -2.41. The second-order valence-corrected chi connectivity index (χ2v) is 6.96. The lowest BCUT2D eigenvalue weighted by atomic mass is 9.76. The van der Waals surface area contributed by atoms with Crippen LogP contribution in [-0.2, 0) is 10.0 Å². The molecule has 1 fully saturated rings. The lowest BCUT2D eigenvalue weighted by molar-refractivity contribution is 0.214. The molecule has 19 heavy (non-hydrogen) atoms. The van der Waals surface area contributed by atoms with Gasteiger partial charge in [0.05, 0.1) is 10.7 Å². The number of hydrogen-bond acceptors (Lipinski definition) is 3. The molecule has 106 valence electrons. The highest BCUT2D eigenvalue weighted by molar-refractivity contribution is 7.89. The maximum Gasteiger partial charge on any atom is 0.242 e. The number of nitrogens with one attached hydrogen (secondary N) is 1. The summed E-state index contributed by atoms with van der Waals surface area (Å²) in [5.74, 6) is -0.724. The van der Waals surface area contributed by atoms with Gasteiger partial charge in [-0.1, -0.05) is 18.5 Å². The Balaban J connectivity index is 2.37. The van der Waals surface area contributed by atoms with E-state index in [9.17, 15) is 12.8 Å². The van der Waals surface area contributed by atoms with E-state index in [0.717, 1.165) is 31.4 Å². The summed E-state index contributed by atoms with van der Waals surface area (Å²) < 4.78 is 40.5. The Labute approximate surface area is 117 Å². The van der Waals surface area contributed by atoms with Crippen molar-refractivity contribution in [1.82, 2.24) is 4.72 Å². The first-order valence-electron chi connectivity index (χ1n) is 6.08. The Morgan fingerprint density at radius 2 is 2.11 bits per heavy atom. The smallest absolute Gasteiger partial charge is 0.242 e. The molecule has 1 aliphatic carbocycles. The molecule has 0 heterocycles. The van der Waals surface area contributed by atoms with Crippen LogP contribution in [0, 0.1) is 5.82 Å². The molecule has 1 aliphatic rings. The zero-order chi connectivity index (χ0) is 14.3. The Morgan fingerprint density at radius 1 is 1.47 bits per heavy atom. The highest BCUT2D eigenvalue weighted by Gasteiger charge is 2.39. The van der Waals surface area contributed by atoms with E-state index in [1.165, 1.54) is 0 Å². The van der Waals surface area contributed by atoms with Crippen molar-refractivity contribution < 1.29 is 12.8 Å². The van der Waals surface area contributed by atoms with Gasteiger partial charge in [0.25, 0.3) is 0 Å². The summed E-state index contributed by atoms with van der Waals surface area (Å²) in [5.41, 5.74) is 4.77. The van der Waals surface area contributed by atoms with E-state index in [0.29, 0.717) is 6.42 Å². The second kappa shape index (κ2) is 4.92. The number of sulfonamides is 1. The van der Waals surface area contributed by atoms with Gasteiger partial charge in [0.1, 0.15) is 10.7 Å². The Kier molecular flexibility index (Phi) is 3.77. The van der Waals surface area contributed by atoms with Crippen molar-refractivity contribution >= 4 is 27.3 Å². The van der Waals surface area contributed by atoms with E-state index in [2.05, 4.69) is 4.72 Å². The maximum absolute atomic E-state index is 13.2. The highest BCUT2D eigenvalue weighted by atomic mass is 35.5. The van der Waals surface area contributed by atoms with Crippen LogP contribution in [0.1, 0.15) is 32.6 Å². The summed E-state index contributed by atoms with van der Waals surface area (Å²) >= 11 is 5.80. The second-order valence-electron chi connectivity index (χ2n) is 4.90. The molecule has 0 aliphatic heterocycles. The van der Waals surface area contributed by atoms with Crippen LogP contribution in [0.25, 0.3) is 0 Å². The zero-order valence-corrected chi connectivity index (χ0v) is 12.1. The molecule has 0 bridgehead atoms. The van der Waals surface area contributed by atoms with E-state index < -0.39 is 21.4 Å². The summed E-state index contributed by atoms with van der Waals surface area (Å²) in [4.78, 5) is -0.173. The summed E-state index contributed by atoms with van der Waals surface area (Å²) in [5, 5.41) is -0.162. The lowest BCUT2D eigenvalue weighted by Crippen LogP contribution is -2.52. The van der Waals surface area contributed by atoms with Gasteiger partial charge in [-0.05, 0) is 37.8 Å². The molecular formula is C12H16ClFN2O2S. The van der Waals surface area contributed by atoms with Crippen LogP contribution in [-0.4, -0.2) is 14.0 Å². The number of rotatable bonds is 4. The summed E-state index contributed by atoms with van der Waals surface area (Å²) in [7, 11) is -3.79. The summed E-state index contributed by atoms with van der Waals surface area (Å²) in [6.07, 6.45) is 3.31. The molecule has 1 saturated carbocycles. The van der Waals surface area contributed by atoms with Crippen molar-refractivity contribution in [3.8, 4) is 0 Å². The number of halogens is 2. The van der Waals surface area contributed by atoms with Crippen molar-refractivity contribution in [3.63, 3.8) is 0 Å². The van der Waals surface area contributed by atoms with Crippen LogP contribution in [0.15, 0.2) is 17.0 Å². The fourth-order valence-electron chi connectivity index (χ4n) is 2.22. The first kappa shape index (κ1) is 14.6. The Morgan fingerprint density at radius 3 is 2.58 bits per heavy atom. The van der Waals surface area contributed by atoms with E-state index >= 15 is 0 Å². The van der Waals surface area contributed by atoms with Gasteiger partial charge in [-0.2, -0.15) is 0 Å². The molecule has 2 rings (SSSR count). The maximum atomic E-state index is 13.2. The summed E-state index contributed by atoms with van der Waals surface area (Å²) in [6.45, 7) is 1.93. The third-order valence-electron chi connectivity index (χ3n) is 3.68. The zero-order valence-electron chi connectivity index (χ0n) is 10.5. The minimum atomic E-state index is -3.79. The van der Waals surface area contributed by atoms with Gasteiger partial charge in [0.15, 0.2) is 0 Å². The summed E-state index contributed by atoms with van der Waals surface area (Å²) in [6, 6.07) is 1.98. The average molecular weight is 307 g/mol. The van der Waals surface area contributed by atoms with Gasteiger partial charge in [-0.15, -0.1) is 0 Å². The molecule has 0 atom stereocenters. The topological polar surface area (TPSA) is 72.2 Å². The molecular weight excluding hydrogens is 291 g/mol. The van der Waals surface area contributed by atoms with E-state index in [1.807, 2.05) is 6.92 Å². The van der Waals surface area contributed by atoms with Crippen molar-refractivity contribution in [2.75, 3.05) is 5.73 Å². The highest BCUT2D eigenvalue weighted by Crippen LogP contribution is 2.37. The van der Waals surface area contributed by atoms with E-state index in [-0.39, 0.29) is 15.6 Å². The first-order valence-corrected chi connectivity index (χ1v) is 7.94. The third-order valence-corrected chi connectivity index (χ3v) is 5.72. The van der Waals surface area contributed by atoms with Gasteiger partial charge in [-0.25, -0.2) is 17.5 Å². The largest absolute Gasteiger partial charge is 0.396 e. The number of benzene rings is 1. The fourth-order valence-corrected chi connectivity index (χ4v) is 4.30. The minimum absolute atomic E-state index is 0.162.